The lowest BCUT2D eigenvalue weighted by Gasteiger charge is -2.13. The minimum atomic E-state index is -0.681. The molecule has 0 saturated heterocycles. The van der Waals surface area contributed by atoms with Crippen LogP contribution in [0.5, 0.6) is 11.5 Å². The van der Waals surface area contributed by atoms with Crippen molar-refractivity contribution in [2.24, 2.45) is 0 Å². The van der Waals surface area contributed by atoms with E-state index in [-0.39, 0.29) is 27.8 Å². The Bertz CT molecular complexity index is 1030. The number of aromatic nitrogens is 1. The lowest BCUT2D eigenvalue weighted by atomic mass is 10.0. The number of pyridine rings is 1. The number of amides is 2. The van der Waals surface area contributed by atoms with E-state index in [1.165, 1.54) is 0 Å². The van der Waals surface area contributed by atoms with Crippen LogP contribution in [0.25, 0.3) is 10.9 Å². The van der Waals surface area contributed by atoms with Gasteiger partial charge in [-0.15, -0.1) is 0 Å². The molecule has 0 bridgehead atoms. The summed E-state index contributed by atoms with van der Waals surface area (Å²) in [5.74, 6) is -2.09. The number of carbonyl (C=O) groups excluding carboxylic acids is 2. The molecule has 0 fully saturated rings. The average Bonchev–Trinajstić information content (AvgIpc) is 2.84. The van der Waals surface area contributed by atoms with Gasteiger partial charge < -0.3 is 10.2 Å². The smallest absolute Gasteiger partial charge is 0.270 e. The second kappa shape index (κ2) is 4.79. The van der Waals surface area contributed by atoms with E-state index in [9.17, 15) is 19.8 Å². The van der Waals surface area contributed by atoms with E-state index in [0.717, 1.165) is 4.90 Å². The van der Waals surface area contributed by atoms with Crippen LogP contribution in [0.2, 0.25) is 0 Å². The first kappa shape index (κ1) is 14.2. The molecule has 2 amide bonds. The third-order valence-corrected chi connectivity index (χ3v) is 4.09. The minimum Gasteiger partial charge on any atom is -0.506 e. The van der Waals surface area contributed by atoms with Crippen LogP contribution in [0.4, 0.5) is 5.69 Å². The lowest BCUT2D eigenvalue weighted by Crippen LogP contribution is -2.29. The van der Waals surface area contributed by atoms with E-state index in [1.54, 1.807) is 49.4 Å². The zero-order valence-electron chi connectivity index (χ0n) is 12.6. The fourth-order valence-corrected chi connectivity index (χ4v) is 2.96. The molecule has 0 atom stereocenters. The molecule has 0 aliphatic carbocycles. The second-order valence-corrected chi connectivity index (χ2v) is 5.58. The molecular formula is C18H12N2O4. The molecule has 2 heterocycles. The SMILES string of the molecule is Cc1ccc2c(O)c3c(c(O)c2n1)C(=O)N(c1ccccc1)C3=O. The molecule has 4 rings (SSSR count). The number of hydrogen-bond acceptors (Lipinski definition) is 5. The van der Waals surface area contributed by atoms with Crippen molar-refractivity contribution in [2.75, 3.05) is 4.90 Å². The van der Waals surface area contributed by atoms with Crippen molar-refractivity contribution in [1.29, 1.82) is 0 Å². The second-order valence-electron chi connectivity index (χ2n) is 5.58. The minimum absolute atomic E-state index is 0.0994. The number of carbonyl (C=O) groups is 2. The number of para-hydroxylation sites is 1. The van der Waals surface area contributed by atoms with Crippen LogP contribution in [-0.4, -0.2) is 27.0 Å². The fraction of sp³-hybridized carbons (Fsp3) is 0.0556. The van der Waals surface area contributed by atoms with Gasteiger partial charge in [0.25, 0.3) is 11.8 Å². The van der Waals surface area contributed by atoms with Crippen LogP contribution in [0.15, 0.2) is 42.5 Å². The molecule has 0 saturated carbocycles. The Morgan fingerprint density at radius 2 is 1.50 bits per heavy atom. The number of rotatable bonds is 1. The number of anilines is 1. The summed E-state index contributed by atoms with van der Waals surface area (Å²) in [5, 5.41) is 21.2. The summed E-state index contributed by atoms with van der Waals surface area (Å²) in [7, 11) is 0. The third-order valence-electron chi connectivity index (χ3n) is 4.09. The molecule has 1 aliphatic rings. The van der Waals surface area contributed by atoms with Crippen LogP contribution >= 0.6 is 0 Å². The monoisotopic (exact) mass is 320 g/mol. The van der Waals surface area contributed by atoms with Crippen molar-refractivity contribution in [3.8, 4) is 11.5 Å². The summed E-state index contributed by atoms with van der Waals surface area (Å²) in [6.07, 6.45) is 0. The zero-order valence-corrected chi connectivity index (χ0v) is 12.6. The summed E-state index contributed by atoms with van der Waals surface area (Å²) < 4.78 is 0. The van der Waals surface area contributed by atoms with Crippen LogP contribution < -0.4 is 4.90 Å². The Morgan fingerprint density at radius 3 is 2.17 bits per heavy atom. The highest BCUT2D eigenvalue weighted by Crippen LogP contribution is 2.44. The van der Waals surface area contributed by atoms with Crippen LogP contribution in [0.1, 0.15) is 26.4 Å². The van der Waals surface area contributed by atoms with E-state index < -0.39 is 17.6 Å². The fourth-order valence-electron chi connectivity index (χ4n) is 2.96. The molecule has 2 aromatic carbocycles. The third kappa shape index (κ3) is 1.73. The van der Waals surface area contributed by atoms with Gasteiger partial charge in [-0.1, -0.05) is 18.2 Å². The van der Waals surface area contributed by atoms with E-state index >= 15 is 0 Å². The molecule has 1 aromatic heterocycles. The van der Waals surface area contributed by atoms with Gasteiger partial charge in [0.05, 0.1) is 11.3 Å². The van der Waals surface area contributed by atoms with Gasteiger partial charge >= 0.3 is 0 Å². The van der Waals surface area contributed by atoms with E-state index in [4.69, 9.17) is 0 Å². The standard InChI is InChI=1S/C18H12N2O4/c1-9-7-8-11-14(19-9)16(22)13-12(15(11)21)17(23)20(18(13)24)10-5-3-2-4-6-10/h2-8,21-22H,1H3. The summed E-state index contributed by atoms with van der Waals surface area (Å²) in [5.41, 5.74) is 0.679. The normalized spacial score (nSPS) is 13.6. The van der Waals surface area contributed by atoms with Gasteiger partial charge in [0.2, 0.25) is 0 Å². The molecule has 24 heavy (non-hydrogen) atoms. The highest BCUT2D eigenvalue weighted by molar-refractivity contribution is 6.37. The number of aromatic hydroxyl groups is 2. The maximum Gasteiger partial charge on any atom is 0.270 e. The van der Waals surface area contributed by atoms with Crippen LogP contribution in [-0.2, 0) is 0 Å². The number of aryl methyl sites for hydroxylation is 1. The van der Waals surface area contributed by atoms with Crippen LogP contribution in [0, 0.1) is 6.92 Å². The van der Waals surface area contributed by atoms with Crippen LogP contribution in [0.3, 0.4) is 0 Å². The number of benzene rings is 2. The molecule has 1 aliphatic heterocycles. The van der Waals surface area contributed by atoms with Crippen molar-refractivity contribution >= 4 is 28.4 Å². The van der Waals surface area contributed by atoms with Crippen molar-refractivity contribution in [3.63, 3.8) is 0 Å². The molecule has 118 valence electrons. The summed E-state index contributed by atoms with van der Waals surface area (Å²) >= 11 is 0. The average molecular weight is 320 g/mol. The van der Waals surface area contributed by atoms with Gasteiger partial charge in [-0.2, -0.15) is 0 Å². The first-order valence-electron chi connectivity index (χ1n) is 7.29. The summed E-state index contributed by atoms with van der Waals surface area (Å²) in [6.45, 7) is 1.73. The van der Waals surface area contributed by atoms with E-state index in [2.05, 4.69) is 4.98 Å². The molecule has 2 N–H and O–H groups in total. The predicted molar refractivity (Wildman–Crippen MR) is 87.4 cm³/mol. The molecule has 0 spiro atoms. The lowest BCUT2D eigenvalue weighted by molar-refractivity contribution is 0.0925. The molecule has 3 aromatic rings. The summed E-state index contributed by atoms with van der Waals surface area (Å²) in [6, 6.07) is 11.6. The molecule has 6 nitrogen and oxygen atoms in total. The highest BCUT2D eigenvalue weighted by Gasteiger charge is 2.42. The number of fused-ring (bicyclic) bond motifs is 2. The van der Waals surface area contributed by atoms with Gasteiger partial charge in [0.15, 0.2) is 5.75 Å². The maximum absolute atomic E-state index is 12.7. The molecular weight excluding hydrogens is 308 g/mol. The van der Waals surface area contributed by atoms with Crippen molar-refractivity contribution < 1.29 is 19.8 Å². The van der Waals surface area contributed by atoms with E-state index in [0.29, 0.717) is 11.4 Å². The van der Waals surface area contributed by atoms with Gasteiger partial charge in [-0.3, -0.25) is 9.59 Å². The Kier molecular flexibility index (Phi) is 2.83. The van der Waals surface area contributed by atoms with Crippen molar-refractivity contribution in [1.82, 2.24) is 4.98 Å². The largest absolute Gasteiger partial charge is 0.506 e. The Balaban J connectivity index is 2.04. The number of phenols is 2. The maximum atomic E-state index is 12.7. The van der Waals surface area contributed by atoms with Crippen molar-refractivity contribution in [2.45, 2.75) is 6.92 Å². The highest BCUT2D eigenvalue weighted by atomic mass is 16.3. The van der Waals surface area contributed by atoms with Gasteiger partial charge in [0, 0.05) is 11.1 Å². The van der Waals surface area contributed by atoms with Crippen molar-refractivity contribution in [3.05, 3.63) is 59.3 Å². The van der Waals surface area contributed by atoms with Gasteiger partial charge in [-0.05, 0) is 31.2 Å². The van der Waals surface area contributed by atoms with Gasteiger partial charge in [0.1, 0.15) is 16.8 Å². The Morgan fingerprint density at radius 1 is 0.875 bits per heavy atom. The first-order valence-corrected chi connectivity index (χ1v) is 7.29. The molecule has 0 unspecified atom stereocenters. The topological polar surface area (TPSA) is 90.7 Å². The molecule has 6 heteroatoms. The van der Waals surface area contributed by atoms with Gasteiger partial charge in [-0.25, -0.2) is 9.88 Å². The number of phenolic OH excluding ortho intramolecular Hbond substituents is 2. The Labute approximate surface area is 136 Å². The zero-order chi connectivity index (χ0) is 17.0. The molecule has 0 radical (unpaired) electrons. The van der Waals surface area contributed by atoms with E-state index in [1.807, 2.05) is 0 Å². The summed E-state index contributed by atoms with van der Waals surface area (Å²) in [4.78, 5) is 30.5. The number of nitrogens with zero attached hydrogens (tertiary/aromatic N) is 2. The Hall–Kier alpha value is -3.41. The number of hydrogen-bond donors (Lipinski definition) is 2. The quantitative estimate of drug-likeness (QED) is 0.531. The predicted octanol–water partition coefficient (Wildman–Crippen LogP) is 2.76. The number of imide groups is 1. The first-order chi connectivity index (χ1) is 11.5.